The van der Waals surface area contributed by atoms with Crippen molar-refractivity contribution in [2.45, 2.75) is 84.5 Å². The molecule has 162 valence electrons. The predicted octanol–water partition coefficient (Wildman–Crippen LogP) is 3.82. The number of carbonyl (C=O) groups excluding carboxylic acids is 3. The SMILES string of the molecule is C=C(C)C(=O)OC(C)C(=O)OC(C)C(=O)OC1(C(C)C)C2CC3CC(C2)CC1C3. The summed E-state index contributed by atoms with van der Waals surface area (Å²) in [4.78, 5) is 36.7. The molecule has 4 saturated carbocycles. The average Bonchev–Trinajstić information content (AvgIpc) is 2.63. The van der Waals surface area contributed by atoms with Gasteiger partial charge in [0.2, 0.25) is 0 Å². The molecule has 0 heterocycles. The van der Waals surface area contributed by atoms with Crippen LogP contribution in [0.3, 0.4) is 0 Å². The minimum atomic E-state index is -1.12. The molecule has 2 atom stereocenters. The summed E-state index contributed by atoms with van der Waals surface area (Å²) in [6.45, 7) is 12.2. The van der Waals surface area contributed by atoms with E-state index in [1.54, 1.807) is 0 Å². The van der Waals surface area contributed by atoms with Crippen molar-refractivity contribution in [2.24, 2.45) is 29.6 Å². The van der Waals surface area contributed by atoms with Crippen molar-refractivity contribution in [2.75, 3.05) is 0 Å². The van der Waals surface area contributed by atoms with Crippen LogP contribution < -0.4 is 0 Å². The molecule has 6 heteroatoms. The maximum atomic E-state index is 12.9. The molecule has 0 radical (unpaired) electrons. The highest BCUT2D eigenvalue weighted by Gasteiger charge is 2.61. The molecule has 0 amide bonds. The van der Waals surface area contributed by atoms with Crippen LogP contribution in [-0.4, -0.2) is 35.7 Å². The maximum Gasteiger partial charge on any atom is 0.348 e. The van der Waals surface area contributed by atoms with E-state index in [1.807, 2.05) is 0 Å². The number of esters is 3. The normalized spacial score (nSPS) is 34.4. The largest absolute Gasteiger partial charge is 0.455 e. The quantitative estimate of drug-likeness (QED) is 0.363. The van der Waals surface area contributed by atoms with Crippen LogP contribution in [0.2, 0.25) is 0 Å². The van der Waals surface area contributed by atoms with Gasteiger partial charge in [-0.15, -0.1) is 0 Å². The van der Waals surface area contributed by atoms with Gasteiger partial charge in [-0.25, -0.2) is 14.4 Å². The fourth-order valence-corrected chi connectivity index (χ4v) is 6.03. The standard InChI is InChI=1S/C23H34O6/c1-12(2)20(24)27-14(5)21(25)28-15(6)22(26)29-23(13(3)4)18-8-16-7-17(10-18)11-19(23)9-16/h13-19H,1,7-11H2,2-6H3. The Bertz CT molecular complexity index is 665. The molecule has 0 spiro atoms. The summed E-state index contributed by atoms with van der Waals surface area (Å²) in [5.41, 5.74) is -0.277. The molecule has 2 unspecified atom stereocenters. The van der Waals surface area contributed by atoms with Crippen LogP contribution in [-0.2, 0) is 28.6 Å². The van der Waals surface area contributed by atoms with Crippen LogP contribution in [0.4, 0.5) is 0 Å². The molecule has 4 rings (SSSR count). The van der Waals surface area contributed by atoms with E-state index in [1.165, 1.54) is 27.2 Å². The summed E-state index contributed by atoms with van der Waals surface area (Å²) < 4.78 is 16.4. The molecule has 4 aliphatic rings. The van der Waals surface area contributed by atoms with E-state index in [4.69, 9.17) is 14.2 Å². The highest BCUT2D eigenvalue weighted by atomic mass is 16.6. The van der Waals surface area contributed by atoms with Gasteiger partial charge in [0.25, 0.3) is 0 Å². The van der Waals surface area contributed by atoms with E-state index in [0.29, 0.717) is 11.8 Å². The van der Waals surface area contributed by atoms with Gasteiger partial charge in [-0.2, -0.15) is 0 Å². The third kappa shape index (κ3) is 4.08. The average molecular weight is 407 g/mol. The van der Waals surface area contributed by atoms with Crippen LogP contribution in [0.1, 0.15) is 66.7 Å². The Morgan fingerprint density at radius 1 is 0.828 bits per heavy atom. The third-order valence-corrected chi connectivity index (χ3v) is 7.18. The number of ether oxygens (including phenoxy) is 3. The molecular weight excluding hydrogens is 372 g/mol. The van der Waals surface area contributed by atoms with Gasteiger partial charge in [0.15, 0.2) is 12.2 Å². The summed E-state index contributed by atoms with van der Waals surface area (Å²) in [6, 6.07) is 0. The first-order chi connectivity index (χ1) is 13.5. The van der Waals surface area contributed by atoms with E-state index < -0.39 is 35.7 Å². The van der Waals surface area contributed by atoms with Gasteiger partial charge in [-0.3, -0.25) is 0 Å². The van der Waals surface area contributed by atoms with Crippen LogP contribution in [0.25, 0.3) is 0 Å². The Labute approximate surface area is 173 Å². The summed E-state index contributed by atoms with van der Waals surface area (Å²) in [7, 11) is 0. The lowest BCUT2D eigenvalue weighted by Gasteiger charge is -2.61. The van der Waals surface area contributed by atoms with Crippen LogP contribution in [0.15, 0.2) is 12.2 Å². The van der Waals surface area contributed by atoms with E-state index >= 15 is 0 Å². The van der Waals surface area contributed by atoms with Gasteiger partial charge in [0.1, 0.15) is 5.60 Å². The molecule has 0 aromatic rings. The smallest absolute Gasteiger partial charge is 0.348 e. The van der Waals surface area contributed by atoms with Crippen LogP contribution >= 0.6 is 0 Å². The maximum absolute atomic E-state index is 12.9. The number of carbonyl (C=O) groups is 3. The second-order valence-corrected chi connectivity index (χ2v) is 9.64. The topological polar surface area (TPSA) is 78.9 Å². The number of rotatable bonds is 7. The molecule has 0 aromatic heterocycles. The van der Waals surface area contributed by atoms with Gasteiger partial charge in [0, 0.05) is 5.57 Å². The summed E-state index contributed by atoms with van der Waals surface area (Å²) in [6.07, 6.45) is 3.66. The Morgan fingerprint density at radius 2 is 1.31 bits per heavy atom. The van der Waals surface area contributed by atoms with Crippen molar-refractivity contribution >= 4 is 17.9 Å². The van der Waals surface area contributed by atoms with Crippen molar-refractivity contribution in [1.29, 1.82) is 0 Å². The van der Waals surface area contributed by atoms with E-state index in [2.05, 4.69) is 20.4 Å². The molecule has 0 saturated heterocycles. The molecule has 0 aromatic carbocycles. The third-order valence-electron chi connectivity index (χ3n) is 7.18. The van der Waals surface area contributed by atoms with Gasteiger partial charge in [-0.1, -0.05) is 20.4 Å². The van der Waals surface area contributed by atoms with Crippen molar-refractivity contribution in [1.82, 2.24) is 0 Å². The van der Waals surface area contributed by atoms with Gasteiger partial charge < -0.3 is 14.2 Å². The first kappa shape index (κ1) is 21.8. The number of hydrogen-bond acceptors (Lipinski definition) is 6. The first-order valence-electron chi connectivity index (χ1n) is 10.8. The van der Waals surface area contributed by atoms with Gasteiger partial charge >= 0.3 is 17.9 Å². The molecule has 6 nitrogen and oxygen atoms in total. The van der Waals surface area contributed by atoms with Crippen molar-refractivity contribution in [3.05, 3.63) is 12.2 Å². The Hall–Kier alpha value is -1.85. The molecular formula is C23H34O6. The minimum Gasteiger partial charge on any atom is -0.455 e. The Kier molecular flexibility index (Phi) is 6.11. The fourth-order valence-electron chi connectivity index (χ4n) is 6.03. The first-order valence-corrected chi connectivity index (χ1v) is 10.8. The summed E-state index contributed by atoms with van der Waals surface area (Å²) in [5, 5.41) is 0. The lowest BCUT2D eigenvalue weighted by molar-refractivity contribution is -0.232. The zero-order valence-corrected chi connectivity index (χ0v) is 18.2. The second-order valence-electron chi connectivity index (χ2n) is 9.64. The number of hydrogen-bond donors (Lipinski definition) is 0. The Morgan fingerprint density at radius 3 is 1.76 bits per heavy atom. The van der Waals surface area contributed by atoms with Crippen molar-refractivity contribution < 1.29 is 28.6 Å². The Balaban J connectivity index is 1.64. The highest BCUT2D eigenvalue weighted by Crippen LogP contribution is 2.61. The second kappa shape index (κ2) is 8.11. The zero-order chi connectivity index (χ0) is 21.5. The van der Waals surface area contributed by atoms with E-state index in [9.17, 15) is 14.4 Å². The highest BCUT2D eigenvalue weighted by molar-refractivity contribution is 5.89. The molecule has 4 fully saturated rings. The predicted molar refractivity (Wildman–Crippen MR) is 107 cm³/mol. The monoisotopic (exact) mass is 406 g/mol. The summed E-state index contributed by atoms with van der Waals surface area (Å²) in [5.74, 6) is 0.564. The zero-order valence-electron chi connectivity index (χ0n) is 18.2. The van der Waals surface area contributed by atoms with Crippen LogP contribution in [0.5, 0.6) is 0 Å². The minimum absolute atomic E-state index is 0.192. The van der Waals surface area contributed by atoms with Gasteiger partial charge in [-0.05, 0) is 82.5 Å². The molecule has 0 N–H and O–H groups in total. The molecule has 0 aliphatic heterocycles. The van der Waals surface area contributed by atoms with E-state index in [-0.39, 0.29) is 11.5 Å². The lowest BCUT2D eigenvalue weighted by Crippen LogP contribution is -2.62. The molecule has 4 bridgehead atoms. The van der Waals surface area contributed by atoms with Crippen LogP contribution in [0, 0.1) is 29.6 Å². The molecule has 29 heavy (non-hydrogen) atoms. The van der Waals surface area contributed by atoms with Crippen molar-refractivity contribution in [3.8, 4) is 0 Å². The fraction of sp³-hybridized carbons (Fsp3) is 0.783. The molecule has 4 aliphatic carbocycles. The van der Waals surface area contributed by atoms with Crippen molar-refractivity contribution in [3.63, 3.8) is 0 Å². The summed E-state index contributed by atoms with van der Waals surface area (Å²) >= 11 is 0. The lowest BCUT2D eigenvalue weighted by atomic mass is 9.47. The van der Waals surface area contributed by atoms with E-state index in [0.717, 1.165) is 37.5 Å². The van der Waals surface area contributed by atoms with Gasteiger partial charge in [0.05, 0.1) is 0 Å².